The molecule has 84 valence electrons. The van der Waals surface area contributed by atoms with Crippen molar-refractivity contribution in [2.75, 3.05) is 0 Å². The third-order valence-corrected chi connectivity index (χ3v) is 2.71. The first-order chi connectivity index (χ1) is 7.76. The van der Waals surface area contributed by atoms with Gasteiger partial charge in [-0.1, -0.05) is 25.1 Å². The van der Waals surface area contributed by atoms with Crippen molar-refractivity contribution in [1.82, 2.24) is 4.98 Å². The Hall–Kier alpha value is -1.61. The molecule has 0 fully saturated rings. The molecule has 2 aromatic rings. The second-order valence-electron chi connectivity index (χ2n) is 3.74. The molecule has 0 unspecified atom stereocenters. The van der Waals surface area contributed by atoms with Crippen LogP contribution in [0.15, 0.2) is 28.7 Å². The summed E-state index contributed by atoms with van der Waals surface area (Å²) in [6, 6.07) is 8.15. The average molecular weight is 216 g/mol. The summed E-state index contributed by atoms with van der Waals surface area (Å²) < 4.78 is 5.64. The lowest BCUT2D eigenvalue weighted by Gasteiger charge is -2.02. The van der Waals surface area contributed by atoms with E-state index in [1.54, 1.807) is 0 Å². The topological polar surface area (TPSA) is 52.0 Å². The fourth-order valence-electron chi connectivity index (χ4n) is 1.77. The Balaban J connectivity index is 2.49. The number of benzene rings is 1. The van der Waals surface area contributed by atoms with Gasteiger partial charge >= 0.3 is 0 Å². The molecule has 16 heavy (non-hydrogen) atoms. The highest BCUT2D eigenvalue weighted by atomic mass is 16.4. The molecule has 3 heteroatoms. The fourth-order valence-corrected chi connectivity index (χ4v) is 1.77. The minimum absolute atomic E-state index is 0.420. The van der Waals surface area contributed by atoms with Crippen LogP contribution >= 0.6 is 0 Å². The summed E-state index contributed by atoms with van der Waals surface area (Å²) in [5.41, 5.74) is 8.73. The number of hydrogen-bond donors (Lipinski definition) is 1. The van der Waals surface area contributed by atoms with Crippen LogP contribution in [0.2, 0.25) is 0 Å². The molecule has 1 aromatic heterocycles. The summed E-state index contributed by atoms with van der Waals surface area (Å²) in [6.45, 7) is 4.44. The maximum absolute atomic E-state index is 5.64. The van der Waals surface area contributed by atoms with Gasteiger partial charge in [-0.2, -0.15) is 0 Å². The number of oxazole rings is 1. The van der Waals surface area contributed by atoms with Gasteiger partial charge in [0.15, 0.2) is 0 Å². The van der Waals surface area contributed by atoms with Crippen molar-refractivity contribution in [3.63, 3.8) is 0 Å². The number of rotatable bonds is 3. The van der Waals surface area contributed by atoms with Crippen LogP contribution < -0.4 is 5.73 Å². The number of hydrogen-bond acceptors (Lipinski definition) is 3. The molecule has 2 rings (SSSR count). The van der Waals surface area contributed by atoms with Crippen molar-refractivity contribution in [3.05, 3.63) is 41.3 Å². The second kappa shape index (κ2) is 4.49. The molecule has 1 aromatic carbocycles. The van der Waals surface area contributed by atoms with Crippen LogP contribution in [-0.4, -0.2) is 4.98 Å². The highest BCUT2D eigenvalue weighted by Gasteiger charge is 2.12. The molecule has 0 aliphatic carbocycles. The molecule has 0 atom stereocenters. The zero-order chi connectivity index (χ0) is 11.5. The molecular formula is C13H16N2O. The van der Waals surface area contributed by atoms with E-state index in [-0.39, 0.29) is 0 Å². The fraction of sp³-hybridized carbons (Fsp3) is 0.308. The summed E-state index contributed by atoms with van der Waals surface area (Å²) in [6.07, 6.45) is 0.968. The Morgan fingerprint density at radius 2 is 2.06 bits per heavy atom. The largest absolute Gasteiger partial charge is 0.441 e. The van der Waals surface area contributed by atoms with Gasteiger partial charge in [-0.3, -0.25) is 0 Å². The summed E-state index contributed by atoms with van der Waals surface area (Å²) in [5.74, 6) is 1.49. The van der Waals surface area contributed by atoms with E-state index in [1.807, 2.05) is 25.1 Å². The Morgan fingerprint density at radius 1 is 1.31 bits per heavy atom. The minimum Gasteiger partial charge on any atom is -0.441 e. The van der Waals surface area contributed by atoms with Crippen LogP contribution in [0.3, 0.4) is 0 Å². The average Bonchev–Trinajstić information content (AvgIpc) is 2.70. The smallest absolute Gasteiger partial charge is 0.226 e. The van der Waals surface area contributed by atoms with E-state index >= 15 is 0 Å². The Morgan fingerprint density at radius 3 is 2.69 bits per heavy atom. The molecular weight excluding hydrogens is 200 g/mol. The molecule has 3 nitrogen and oxygen atoms in total. The predicted octanol–water partition coefficient (Wildman–Crippen LogP) is 2.67. The molecule has 0 radical (unpaired) electrons. The number of aromatic nitrogens is 1. The predicted molar refractivity (Wildman–Crippen MR) is 63.9 cm³/mol. The first-order valence-corrected chi connectivity index (χ1v) is 5.51. The molecule has 0 aliphatic heterocycles. The highest BCUT2D eigenvalue weighted by Crippen LogP contribution is 2.25. The van der Waals surface area contributed by atoms with Gasteiger partial charge in [0.2, 0.25) is 5.89 Å². The maximum Gasteiger partial charge on any atom is 0.226 e. The van der Waals surface area contributed by atoms with Gasteiger partial charge < -0.3 is 10.2 Å². The van der Waals surface area contributed by atoms with E-state index in [0.717, 1.165) is 23.4 Å². The molecule has 0 amide bonds. The van der Waals surface area contributed by atoms with Crippen LogP contribution in [0.4, 0.5) is 0 Å². The third-order valence-electron chi connectivity index (χ3n) is 2.71. The Bertz CT molecular complexity index is 488. The first kappa shape index (κ1) is 10.9. The van der Waals surface area contributed by atoms with Crippen LogP contribution in [0.25, 0.3) is 11.5 Å². The standard InChI is InChI=1S/C13H16N2O/c1-3-10-6-4-5-7-11(10)13-15-12(8-14)9(2)16-13/h4-7H,3,8,14H2,1-2H3. The molecule has 0 bridgehead atoms. The Labute approximate surface area is 95.3 Å². The van der Waals surface area contributed by atoms with E-state index in [0.29, 0.717) is 12.4 Å². The quantitative estimate of drug-likeness (QED) is 0.858. The number of aryl methyl sites for hydroxylation is 2. The minimum atomic E-state index is 0.420. The van der Waals surface area contributed by atoms with Gasteiger partial charge in [-0.25, -0.2) is 4.98 Å². The van der Waals surface area contributed by atoms with Crippen molar-refractivity contribution < 1.29 is 4.42 Å². The SMILES string of the molecule is CCc1ccccc1-c1nc(CN)c(C)o1. The summed E-state index contributed by atoms with van der Waals surface area (Å²) in [4.78, 5) is 4.42. The van der Waals surface area contributed by atoms with Gasteiger partial charge in [-0.05, 0) is 25.0 Å². The van der Waals surface area contributed by atoms with E-state index in [4.69, 9.17) is 10.2 Å². The van der Waals surface area contributed by atoms with E-state index < -0.39 is 0 Å². The van der Waals surface area contributed by atoms with Gasteiger partial charge in [-0.15, -0.1) is 0 Å². The molecule has 1 heterocycles. The van der Waals surface area contributed by atoms with Gasteiger partial charge in [0.25, 0.3) is 0 Å². The van der Waals surface area contributed by atoms with Crippen molar-refractivity contribution >= 4 is 0 Å². The first-order valence-electron chi connectivity index (χ1n) is 5.51. The molecule has 0 spiro atoms. The third kappa shape index (κ3) is 1.86. The summed E-state index contributed by atoms with van der Waals surface area (Å²) in [7, 11) is 0. The van der Waals surface area contributed by atoms with Crippen LogP contribution in [0.1, 0.15) is 23.9 Å². The lowest BCUT2D eigenvalue weighted by Crippen LogP contribution is -1.98. The van der Waals surface area contributed by atoms with E-state index in [1.165, 1.54) is 5.56 Å². The van der Waals surface area contributed by atoms with Crippen molar-refractivity contribution in [2.24, 2.45) is 5.73 Å². The molecule has 0 saturated heterocycles. The lowest BCUT2D eigenvalue weighted by molar-refractivity contribution is 0.539. The van der Waals surface area contributed by atoms with Gasteiger partial charge in [0.1, 0.15) is 5.76 Å². The molecule has 2 N–H and O–H groups in total. The summed E-state index contributed by atoms with van der Waals surface area (Å²) in [5, 5.41) is 0. The molecule has 0 saturated carbocycles. The monoisotopic (exact) mass is 216 g/mol. The van der Waals surface area contributed by atoms with Crippen molar-refractivity contribution in [3.8, 4) is 11.5 Å². The second-order valence-corrected chi connectivity index (χ2v) is 3.74. The number of nitrogens with zero attached hydrogens (tertiary/aromatic N) is 1. The van der Waals surface area contributed by atoms with E-state index in [9.17, 15) is 0 Å². The maximum atomic E-state index is 5.64. The van der Waals surface area contributed by atoms with Gasteiger partial charge in [0, 0.05) is 12.1 Å². The normalized spacial score (nSPS) is 10.7. The van der Waals surface area contributed by atoms with Crippen LogP contribution in [-0.2, 0) is 13.0 Å². The van der Waals surface area contributed by atoms with Crippen LogP contribution in [0, 0.1) is 6.92 Å². The van der Waals surface area contributed by atoms with Gasteiger partial charge in [0.05, 0.1) is 5.69 Å². The zero-order valence-corrected chi connectivity index (χ0v) is 9.66. The number of nitrogens with two attached hydrogens (primary N) is 1. The lowest BCUT2D eigenvalue weighted by atomic mass is 10.1. The summed E-state index contributed by atoms with van der Waals surface area (Å²) >= 11 is 0. The Kier molecular flexibility index (Phi) is 3.06. The van der Waals surface area contributed by atoms with Crippen molar-refractivity contribution in [2.45, 2.75) is 26.8 Å². The molecule has 0 aliphatic rings. The van der Waals surface area contributed by atoms with Crippen molar-refractivity contribution in [1.29, 1.82) is 0 Å². The van der Waals surface area contributed by atoms with Crippen LogP contribution in [0.5, 0.6) is 0 Å². The zero-order valence-electron chi connectivity index (χ0n) is 9.66. The highest BCUT2D eigenvalue weighted by molar-refractivity contribution is 5.59. The van der Waals surface area contributed by atoms with E-state index in [2.05, 4.69) is 18.0 Å².